The van der Waals surface area contributed by atoms with Crippen LogP contribution >= 0.6 is 0 Å². The van der Waals surface area contributed by atoms with Gasteiger partial charge in [-0.15, -0.1) is 0 Å². The fraction of sp³-hybridized carbons (Fsp3) is 0.226. The quantitative estimate of drug-likeness (QED) is 0.270. The van der Waals surface area contributed by atoms with Gasteiger partial charge in [-0.3, -0.25) is 14.5 Å². The van der Waals surface area contributed by atoms with Gasteiger partial charge in [0.25, 0.3) is 11.8 Å². The molecule has 4 atom stereocenters. The second-order valence-corrected chi connectivity index (χ2v) is 10.5. The summed E-state index contributed by atoms with van der Waals surface area (Å²) >= 11 is 0. The van der Waals surface area contributed by atoms with Gasteiger partial charge in [-0.25, -0.2) is 14.5 Å². The number of benzene rings is 3. The molecule has 0 unspecified atom stereocenters. The van der Waals surface area contributed by atoms with Crippen molar-refractivity contribution in [2.75, 3.05) is 4.90 Å². The minimum atomic E-state index is -1.57. The third-order valence-corrected chi connectivity index (χ3v) is 7.87. The molecule has 2 aliphatic rings. The monoisotopic (exact) mass is 552 g/mol. The van der Waals surface area contributed by atoms with Gasteiger partial charge in [0.2, 0.25) is 0 Å². The SMILES string of the molecule is Cc1ccc([C@@H]2c3[nH]c4ccccc4c3C[C@H]3C(=O)N(c4ccccc4C(=O)N[C@@H](C(=O)O)[C@H](C)O)C(=O)N23)cc1. The van der Waals surface area contributed by atoms with Crippen LogP contribution in [0, 0.1) is 6.92 Å². The summed E-state index contributed by atoms with van der Waals surface area (Å²) in [4.78, 5) is 59.1. The number of nitrogens with one attached hydrogen (secondary N) is 2. The fourth-order valence-corrected chi connectivity index (χ4v) is 5.86. The minimum absolute atomic E-state index is 0.0420. The number of aliphatic hydroxyl groups is 1. The van der Waals surface area contributed by atoms with E-state index in [1.54, 1.807) is 17.0 Å². The minimum Gasteiger partial charge on any atom is -0.480 e. The molecule has 1 fully saturated rings. The molecule has 1 saturated heterocycles. The summed E-state index contributed by atoms with van der Waals surface area (Å²) in [5.41, 5.74) is 4.59. The molecule has 0 spiro atoms. The summed E-state index contributed by atoms with van der Waals surface area (Å²) in [6.07, 6.45) is -1.08. The average Bonchev–Trinajstić information content (AvgIpc) is 3.45. The first kappa shape index (κ1) is 26.3. The number of para-hydroxylation sites is 2. The number of carboxylic acids is 1. The van der Waals surface area contributed by atoms with Crippen molar-refractivity contribution in [3.63, 3.8) is 0 Å². The predicted molar refractivity (Wildman–Crippen MR) is 151 cm³/mol. The first-order chi connectivity index (χ1) is 19.7. The van der Waals surface area contributed by atoms with E-state index < -0.39 is 48.0 Å². The van der Waals surface area contributed by atoms with Crippen LogP contribution in [-0.2, 0) is 16.0 Å². The van der Waals surface area contributed by atoms with Crippen molar-refractivity contribution < 1.29 is 29.4 Å². The zero-order chi connectivity index (χ0) is 29.0. The van der Waals surface area contributed by atoms with Gasteiger partial charge in [0, 0.05) is 23.0 Å². The summed E-state index contributed by atoms with van der Waals surface area (Å²) in [6, 6.07) is 18.1. The largest absolute Gasteiger partial charge is 0.480 e. The van der Waals surface area contributed by atoms with Gasteiger partial charge < -0.3 is 20.5 Å². The van der Waals surface area contributed by atoms with E-state index in [9.17, 15) is 29.4 Å². The molecule has 6 rings (SSSR count). The molecule has 41 heavy (non-hydrogen) atoms. The van der Waals surface area contributed by atoms with Gasteiger partial charge in [-0.1, -0.05) is 60.2 Å². The highest BCUT2D eigenvalue weighted by Gasteiger charge is 2.53. The molecule has 208 valence electrons. The van der Waals surface area contributed by atoms with Gasteiger partial charge in [-0.05, 0) is 43.2 Å². The first-order valence-corrected chi connectivity index (χ1v) is 13.3. The van der Waals surface area contributed by atoms with Crippen molar-refractivity contribution in [3.05, 3.63) is 101 Å². The number of imide groups is 1. The molecule has 4 aromatic rings. The molecule has 4 amide bonds. The number of H-pyrrole nitrogens is 1. The van der Waals surface area contributed by atoms with Crippen LogP contribution in [0.4, 0.5) is 10.5 Å². The Bertz CT molecular complexity index is 1710. The fourth-order valence-electron chi connectivity index (χ4n) is 5.86. The maximum absolute atomic E-state index is 14.2. The van der Waals surface area contributed by atoms with E-state index in [-0.39, 0.29) is 11.3 Å². The first-order valence-electron chi connectivity index (χ1n) is 13.3. The average molecular weight is 553 g/mol. The molecule has 1 aromatic heterocycles. The molecule has 3 heterocycles. The van der Waals surface area contributed by atoms with E-state index in [0.29, 0.717) is 6.42 Å². The number of urea groups is 1. The number of fused-ring (bicyclic) bond motifs is 4. The molecule has 2 aliphatic heterocycles. The van der Waals surface area contributed by atoms with Gasteiger partial charge >= 0.3 is 12.0 Å². The lowest BCUT2D eigenvalue weighted by atomic mass is 9.88. The number of hydrogen-bond donors (Lipinski definition) is 4. The lowest BCUT2D eigenvalue weighted by molar-refractivity contribution is -0.141. The van der Waals surface area contributed by atoms with Crippen molar-refractivity contribution in [2.45, 2.75) is 44.5 Å². The Balaban J connectivity index is 1.44. The number of aryl methyl sites for hydroxylation is 1. The van der Waals surface area contributed by atoms with Gasteiger partial charge in [0.15, 0.2) is 6.04 Å². The standard InChI is InChI=1S/C31H28N4O6/c1-16-11-13-18(14-12-16)27-26-21(19-7-3-5-9-22(19)32-26)15-24-29(38)35(31(41)34(24)27)23-10-6-4-8-20(23)28(37)33-25(17(2)36)30(39)40/h3-14,17,24-25,27,32,36H,15H2,1-2H3,(H,33,37)(H,39,40)/t17-,24-,25+,27+/m0/s1. The number of nitrogens with zero attached hydrogens (tertiary/aromatic N) is 2. The van der Waals surface area contributed by atoms with Gasteiger partial charge in [0.05, 0.1) is 17.4 Å². The zero-order valence-corrected chi connectivity index (χ0v) is 22.4. The van der Waals surface area contributed by atoms with E-state index in [1.807, 2.05) is 55.5 Å². The zero-order valence-electron chi connectivity index (χ0n) is 22.4. The van der Waals surface area contributed by atoms with Crippen molar-refractivity contribution in [3.8, 4) is 0 Å². The molecule has 10 heteroatoms. The predicted octanol–water partition coefficient (Wildman–Crippen LogP) is 3.52. The summed E-state index contributed by atoms with van der Waals surface area (Å²) in [6.45, 7) is 3.22. The van der Waals surface area contributed by atoms with Crippen LogP contribution in [0.5, 0.6) is 0 Å². The normalized spacial score (nSPS) is 19.6. The summed E-state index contributed by atoms with van der Waals surface area (Å²) < 4.78 is 0. The number of carbonyl (C=O) groups is 4. The van der Waals surface area contributed by atoms with Crippen LogP contribution < -0.4 is 10.2 Å². The number of rotatable bonds is 6. The number of aromatic nitrogens is 1. The van der Waals surface area contributed by atoms with E-state index in [0.717, 1.165) is 38.2 Å². The number of carbonyl (C=O) groups excluding carboxylic acids is 3. The van der Waals surface area contributed by atoms with Gasteiger partial charge in [-0.2, -0.15) is 0 Å². The highest BCUT2D eigenvalue weighted by Crippen LogP contribution is 2.45. The summed E-state index contributed by atoms with van der Waals surface area (Å²) in [5.74, 6) is -2.72. The summed E-state index contributed by atoms with van der Waals surface area (Å²) in [5, 5.41) is 22.6. The van der Waals surface area contributed by atoms with Crippen LogP contribution in [-0.4, -0.2) is 62.1 Å². The molecule has 10 nitrogen and oxygen atoms in total. The van der Waals surface area contributed by atoms with E-state index >= 15 is 0 Å². The number of anilines is 1. The second kappa shape index (κ2) is 9.90. The Morgan fingerprint density at radius 1 is 1.00 bits per heavy atom. The third kappa shape index (κ3) is 4.23. The highest BCUT2D eigenvalue weighted by molar-refractivity contribution is 6.24. The smallest absolute Gasteiger partial charge is 0.332 e. The lowest BCUT2D eigenvalue weighted by Crippen LogP contribution is -2.48. The molecular formula is C31H28N4O6. The van der Waals surface area contributed by atoms with Crippen molar-refractivity contribution in [1.29, 1.82) is 0 Å². The van der Waals surface area contributed by atoms with Gasteiger partial charge in [0.1, 0.15) is 12.1 Å². The molecule has 0 bridgehead atoms. The molecule has 0 radical (unpaired) electrons. The van der Waals surface area contributed by atoms with E-state index in [1.165, 1.54) is 19.1 Å². The van der Waals surface area contributed by atoms with E-state index in [2.05, 4.69) is 10.3 Å². The number of aliphatic hydroxyl groups excluding tert-OH is 1. The Hall–Kier alpha value is -4.96. The molecular weight excluding hydrogens is 524 g/mol. The highest BCUT2D eigenvalue weighted by atomic mass is 16.4. The third-order valence-electron chi connectivity index (χ3n) is 7.87. The van der Waals surface area contributed by atoms with Crippen LogP contribution in [0.1, 0.15) is 45.7 Å². The van der Waals surface area contributed by atoms with Crippen molar-refractivity contribution >= 4 is 40.4 Å². The number of carboxylic acid groups (broad SMARTS) is 1. The number of aromatic amines is 1. The molecule has 3 aromatic carbocycles. The van der Waals surface area contributed by atoms with Crippen LogP contribution in [0.3, 0.4) is 0 Å². The summed E-state index contributed by atoms with van der Waals surface area (Å²) in [7, 11) is 0. The van der Waals surface area contributed by atoms with Crippen LogP contribution in [0.25, 0.3) is 10.9 Å². The second-order valence-electron chi connectivity index (χ2n) is 10.5. The Kier molecular flexibility index (Phi) is 6.34. The van der Waals surface area contributed by atoms with E-state index in [4.69, 9.17) is 0 Å². The van der Waals surface area contributed by atoms with Crippen LogP contribution in [0.2, 0.25) is 0 Å². The Morgan fingerprint density at radius 2 is 1.68 bits per heavy atom. The molecule has 4 N–H and O–H groups in total. The maximum atomic E-state index is 14.2. The number of amides is 4. The maximum Gasteiger partial charge on any atom is 0.332 e. The Morgan fingerprint density at radius 3 is 2.39 bits per heavy atom. The number of hydrogen-bond acceptors (Lipinski definition) is 5. The molecule has 0 aliphatic carbocycles. The van der Waals surface area contributed by atoms with Crippen molar-refractivity contribution in [2.24, 2.45) is 0 Å². The molecule has 0 saturated carbocycles. The topological polar surface area (TPSA) is 143 Å². The van der Waals surface area contributed by atoms with Crippen molar-refractivity contribution in [1.82, 2.24) is 15.2 Å². The lowest BCUT2D eigenvalue weighted by Gasteiger charge is -2.36. The Labute approximate surface area is 235 Å². The van der Waals surface area contributed by atoms with Crippen LogP contribution in [0.15, 0.2) is 72.8 Å². The number of aliphatic carboxylic acids is 1.